The van der Waals surface area contributed by atoms with Crippen molar-refractivity contribution < 1.29 is 17.6 Å². The molecule has 0 radical (unpaired) electrons. The SMILES string of the molecule is Cc1ccc(S(=O)(=O)N(CC(=O)N/N=C/c2ccc(N(C)C)c(Br)c2)c2ccc(F)cc2)cc1. The van der Waals surface area contributed by atoms with Crippen molar-refractivity contribution in [3.05, 3.63) is 88.1 Å². The van der Waals surface area contributed by atoms with Crippen LogP contribution in [0.3, 0.4) is 0 Å². The van der Waals surface area contributed by atoms with Gasteiger partial charge in [-0.3, -0.25) is 9.10 Å². The molecule has 3 rings (SSSR count). The number of nitrogens with one attached hydrogen (secondary N) is 1. The van der Waals surface area contributed by atoms with Crippen molar-refractivity contribution >= 4 is 49.4 Å². The molecule has 10 heteroatoms. The highest BCUT2D eigenvalue weighted by atomic mass is 79.9. The maximum absolute atomic E-state index is 13.4. The van der Waals surface area contributed by atoms with E-state index in [9.17, 15) is 17.6 Å². The van der Waals surface area contributed by atoms with E-state index in [1.807, 2.05) is 44.1 Å². The first-order valence-corrected chi connectivity index (χ1v) is 12.4. The Morgan fingerprint density at radius 1 is 1.06 bits per heavy atom. The second-order valence-electron chi connectivity index (χ2n) is 7.70. The summed E-state index contributed by atoms with van der Waals surface area (Å²) in [7, 11) is -0.243. The Morgan fingerprint density at radius 3 is 2.29 bits per heavy atom. The van der Waals surface area contributed by atoms with Crippen molar-refractivity contribution in [3.8, 4) is 0 Å². The fraction of sp³-hybridized carbons (Fsp3) is 0.167. The maximum Gasteiger partial charge on any atom is 0.264 e. The molecule has 0 aliphatic carbocycles. The van der Waals surface area contributed by atoms with Crippen molar-refractivity contribution in [1.29, 1.82) is 0 Å². The monoisotopic (exact) mass is 546 g/mol. The van der Waals surface area contributed by atoms with Crippen LogP contribution in [0.25, 0.3) is 0 Å². The second-order valence-corrected chi connectivity index (χ2v) is 10.4. The standard InChI is InChI=1S/C24H24BrFN4O3S/c1-17-4-11-21(12-5-17)34(32,33)30(20-9-7-19(26)8-10-20)16-24(31)28-27-15-18-6-13-23(29(2)3)22(25)14-18/h4-15H,16H2,1-3H3,(H,28,31)/b27-15+. The Bertz CT molecular complexity index is 1290. The van der Waals surface area contributed by atoms with Gasteiger partial charge in [-0.2, -0.15) is 5.10 Å². The van der Waals surface area contributed by atoms with Gasteiger partial charge in [-0.05, 0) is 76.9 Å². The second kappa shape index (κ2) is 10.8. The number of carbonyl (C=O) groups is 1. The van der Waals surface area contributed by atoms with Gasteiger partial charge >= 0.3 is 0 Å². The lowest BCUT2D eigenvalue weighted by molar-refractivity contribution is -0.119. The van der Waals surface area contributed by atoms with Crippen LogP contribution >= 0.6 is 15.9 Å². The number of sulfonamides is 1. The molecule has 0 aromatic heterocycles. The molecule has 1 amide bonds. The Hall–Kier alpha value is -3.24. The molecule has 0 atom stereocenters. The topological polar surface area (TPSA) is 82.1 Å². The molecule has 3 aromatic rings. The number of hydrogen-bond acceptors (Lipinski definition) is 5. The van der Waals surface area contributed by atoms with E-state index in [1.54, 1.807) is 12.1 Å². The van der Waals surface area contributed by atoms with Gasteiger partial charge in [0, 0.05) is 18.6 Å². The number of benzene rings is 3. The van der Waals surface area contributed by atoms with Gasteiger partial charge in [0.1, 0.15) is 12.4 Å². The molecule has 3 aromatic carbocycles. The summed E-state index contributed by atoms with van der Waals surface area (Å²) in [5, 5.41) is 3.94. The van der Waals surface area contributed by atoms with Crippen LogP contribution in [0.1, 0.15) is 11.1 Å². The third kappa shape index (κ3) is 6.21. The predicted octanol–water partition coefficient (Wildman–Crippen LogP) is 4.31. The quantitative estimate of drug-likeness (QED) is 0.337. The average molecular weight is 547 g/mol. The number of halogens is 2. The number of rotatable bonds is 8. The summed E-state index contributed by atoms with van der Waals surface area (Å²) in [5.41, 5.74) is 5.13. The van der Waals surface area contributed by atoms with Crippen LogP contribution in [0.4, 0.5) is 15.8 Å². The first-order valence-electron chi connectivity index (χ1n) is 10.2. The lowest BCUT2D eigenvalue weighted by Gasteiger charge is -2.23. The fourth-order valence-electron chi connectivity index (χ4n) is 3.07. The van der Waals surface area contributed by atoms with Crippen LogP contribution < -0.4 is 14.6 Å². The molecule has 178 valence electrons. The number of nitrogens with zero attached hydrogens (tertiary/aromatic N) is 3. The smallest absolute Gasteiger partial charge is 0.264 e. The number of hydrogen-bond donors (Lipinski definition) is 1. The van der Waals surface area contributed by atoms with Crippen LogP contribution in [0.5, 0.6) is 0 Å². The van der Waals surface area contributed by atoms with E-state index in [0.29, 0.717) is 0 Å². The molecule has 0 heterocycles. The Balaban J connectivity index is 1.80. The highest BCUT2D eigenvalue weighted by Gasteiger charge is 2.27. The lowest BCUT2D eigenvalue weighted by Crippen LogP contribution is -2.39. The first-order chi connectivity index (χ1) is 16.1. The number of amides is 1. The summed E-state index contributed by atoms with van der Waals surface area (Å²) in [5.74, 6) is -1.17. The van der Waals surface area contributed by atoms with Crippen LogP contribution in [-0.2, 0) is 14.8 Å². The van der Waals surface area contributed by atoms with E-state index in [-0.39, 0.29) is 10.6 Å². The van der Waals surface area contributed by atoms with E-state index >= 15 is 0 Å². The zero-order valence-electron chi connectivity index (χ0n) is 18.9. The Morgan fingerprint density at radius 2 is 1.71 bits per heavy atom. The van der Waals surface area contributed by atoms with Crippen LogP contribution in [0.15, 0.2) is 81.2 Å². The van der Waals surface area contributed by atoms with Gasteiger partial charge in [0.25, 0.3) is 15.9 Å². The molecule has 0 unspecified atom stereocenters. The molecule has 7 nitrogen and oxygen atoms in total. The molecule has 1 N–H and O–H groups in total. The third-order valence-corrected chi connectivity index (χ3v) is 7.29. The molecule has 0 saturated heterocycles. The summed E-state index contributed by atoms with van der Waals surface area (Å²) in [6.07, 6.45) is 1.46. The van der Waals surface area contributed by atoms with Gasteiger partial charge in [0.05, 0.1) is 22.5 Å². The molecule has 0 saturated carbocycles. The number of hydrazone groups is 1. The van der Waals surface area contributed by atoms with Crippen molar-refractivity contribution in [2.45, 2.75) is 11.8 Å². The minimum absolute atomic E-state index is 0.0181. The van der Waals surface area contributed by atoms with E-state index in [4.69, 9.17) is 0 Å². The van der Waals surface area contributed by atoms with Crippen molar-refractivity contribution in [2.75, 3.05) is 29.8 Å². The summed E-state index contributed by atoms with van der Waals surface area (Å²) >= 11 is 3.49. The molecule has 0 aliphatic rings. The van der Waals surface area contributed by atoms with Crippen molar-refractivity contribution in [3.63, 3.8) is 0 Å². The van der Waals surface area contributed by atoms with Gasteiger partial charge in [-0.25, -0.2) is 18.2 Å². The largest absolute Gasteiger partial charge is 0.377 e. The van der Waals surface area contributed by atoms with Crippen LogP contribution in [-0.4, -0.2) is 41.2 Å². The van der Waals surface area contributed by atoms with Gasteiger partial charge in [-0.15, -0.1) is 0 Å². The Labute approximate surface area is 207 Å². The maximum atomic E-state index is 13.4. The lowest BCUT2D eigenvalue weighted by atomic mass is 10.2. The average Bonchev–Trinajstić information content (AvgIpc) is 2.78. The van der Waals surface area contributed by atoms with Gasteiger partial charge in [0.15, 0.2) is 0 Å². The van der Waals surface area contributed by atoms with Crippen molar-refractivity contribution in [2.24, 2.45) is 5.10 Å². The molecular formula is C24H24BrFN4O3S. The van der Waals surface area contributed by atoms with E-state index in [2.05, 4.69) is 26.5 Å². The summed E-state index contributed by atoms with van der Waals surface area (Å²) in [6.45, 7) is 1.30. The molecule has 34 heavy (non-hydrogen) atoms. The molecule has 0 aliphatic heterocycles. The number of anilines is 2. The van der Waals surface area contributed by atoms with Crippen molar-refractivity contribution in [1.82, 2.24) is 5.43 Å². The van der Waals surface area contributed by atoms with Crippen LogP contribution in [0, 0.1) is 12.7 Å². The van der Waals surface area contributed by atoms with E-state index in [0.717, 1.165) is 37.7 Å². The summed E-state index contributed by atoms with van der Waals surface area (Å²) in [4.78, 5) is 14.6. The Kier molecular flexibility index (Phi) is 8.06. The molecule has 0 spiro atoms. The zero-order valence-corrected chi connectivity index (χ0v) is 21.3. The van der Waals surface area contributed by atoms with Crippen LogP contribution in [0.2, 0.25) is 0 Å². The van der Waals surface area contributed by atoms with Gasteiger partial charge in [-0.1, -0.05) is 23.8 Å². The van der Waals surface area contributed by atoms with E-state index < -0.39 is 28.3 Å². The van der Waals surface area contributed by atoms with Gasteiger partial charge < -0.3 is 4.90 Å². The summed E-state index contributed by atoms with van der Waals surface area (Å²) in [6, 6.07) is 16.7. The first kappa shape index (κ1) is 25.4. The minimum atomic E-state index is -4.09. The number of aryl methyl sites for hydroxylation is 1. The molecule has 0 fully saturated rings. The third-order valence-electron chi connectivity index (χ3n) is 4.87. The highest BCUT2D eigenvalue weighted by Crippen LogP contribution is 2.26. The molecular weight excluding hydrogens is 523 g/mol. The van der Waals surface area contributed by atoms with E-state index in [1.165, 1.54) is 30.5 Å². The highest BCUT2D eigenvalue weighted by molar-refractivity contribution is 9.10. The minimum Gasteiger partial charge on any atom is -0.377 e. The fourth-order valence-corrected chi connectivity index (χ4v) is 5.24. The summed E-state index contributed by atoms with van der Waals surface area (Å²) < 4.78 is 41.8. The number of carbonyl (C=O) groups excluding carboxylic acids is 1. The van der Waals surface area contributed by atoms with Gasteiger partial charge in [0.2, 0.25) is 0 Å². The predicted molar refractivity (Wildman–Crippen MR) is 136 cm³/mol. The normalized spacial score (nSPS) is 11.4. The zero-order chi connectivity index (χ0) is 24.9. The molecule has 0 bridgehead atoms.